The van der Waals surface area contributed by atoms with Crippen molar-refractivity contribution in [3.05, 3.63) is 32.0 Å². The minimum atomic E-state index is -0.520. The molecule has 2 aliphatic carbocycles. The summed E-state index contributed by atoms with van der Waals surface area (Å²) in [5, 5.41) is 6.84. The highest BCUT2D eigenvalue weighted by Gasteiger charge is 2.36. The molecule has 0 aromatic carbocycles. The number of thiophene rings is 2. The van der Waals surface area contributed by atoms with E-state index in [0.717, 1.165) is 72.2 Å². The van der Waals surface area contributed by atoms with Crippen LogP contribution in [0.2, 0.25) is 0 Å². The van der Waals surface area contributed by atoms with Gasteiger partial charge in [-0.1, -0.05) is 54.4 Å². The van der Waals surface area contributed by atoms with E-state index in [0.29, 0.717) is 39.4 Å². The molecule has 2 heterocycles. The van der Waals surface area contributed by atoms with E-state index in [-0.39, 0.29) is 35.5 Å². The van der Waals surface area contributed by atoms with Gasteiger partial charge in [0, 0.05) is 22.6 Å². The summed E-state index contributed by atoms with van der Waals surface area (Å²) in [5.74, 6) is -0.524. The Labute approximate surface area is 263 Å². The summed E-state index contributed by atoms with van der Waals surface area (Å²) in [6.07, 6.45) is 8.05. The molecule has 0 fully saturated rings. The zero-order valence-corrected chi connectivity index (χ0v) is 28.2. The summed E-state index contributed by atoms with van der Waals surface area (Å²) < 4.78 is 0. The molecule has 10 heteroatoms. The molecular formula is C33H48N4O4S2. The van der Waals surface area contributed by atoms with Crippen molar-refractivity contribution in [2.24, 2.45) is 34.1 Å². The molecule has 2 unspecified atom stereocenters. The van der Waals surface area contributed by atoms with E-state index in [1.54, 1.807) is 0 Å². The molecule has 0 saturated carbocycles. The maximum atomic E-state index is 12.9. The van der Waals surface area contributed by atoms with Gasteiger partial charge in [-0.05, 0) is 78.7 Å². The van der Waals surface area contributed by atoms with Gasteiger partial charge in [0.15, 0.2) is 0 Å². The lowest BCUT2D eigenvalue weighted by molar-refractivity contribution is -0.117. The number of hydrogen-bond acceptors (Lipinski definition) is 6. The van der Waals surface area contributed by atoms with Crippen LogP contribution in [0.25, 0.3) is 0 Å². The molecule has 4 rings (SSSR count). The average molecular weight is 629 g/mol. The number of fused-ring (bicyclic) bond motifs is 2. The van der Waals surface area contributed by atoms with Gasteiger partial charge in [0.05, 0.1) is 11.1 Å². The van der Waals surface area contributed by atoms with Crippen LogP contribution in [0, 0.1) is 22.7 Å². The summed E-state index contributed by atoms with van der Waals surface area (Å²) in [6, 6.07) is 0. The summed E-state index contributed by atoms with van der Waals surface area (Å²) >= 11 is 2.91. The Kier molecular flexibility index (Phi) is 10.1. The lowest BCUT2D eigenvalue weighted by Gasteiger charge is -2.36. The zero-order valence-electron chi connectivity index (χ0n) is 26.5. The Bertz CT molecular complexity index is 1300. The van der Waals surface area contributed by atoms with E-state index in [1.807, 2.05) is 0 Å². The van der Waals surface area contributed by atoms with E-state index < -0.39 is 11.8 Å². The number of primary amides is 2. The number of hydrogen-bond donors (Lipinski definition) is 4. The predicted octanol–water partition coefficient (Wildman–Crippen LogP) is 6.84. The molecule has 0 spiro atoms. The van der Waals surface area contributed by atoms with Crippen molar-refractivity contribution in [2.75, 3.05) is 10.6 Å². The Morgan fingerprint density at radius 3 is 1.42 bits per heavy atom. The van der Waals surface area contributed by atoms with Gasteiger partial charge in [-0.2, -0.15) is 0 Å². The fraction of sp³-hybridized carbons (Fsp3) is 0.636. The van der Waals surface area contributed by atoms with Gasteiger partial charge in [-0.15, -0.1) is 22.7 Å². The fourth-order valence-corrected chi connectivity index (χ4v) is 9.27. The quantitative estimate of drug-likeness (QED) is 0.204. The first-order valence-electron chi connectivity index (χ1n) is 15.7. The van der Waals surface area contributed by atoms with Gasteiger partial charge in [-0.3, -0.25) is 19.2 Å². The Hall–Kier alpha value is -2.72. The van der Waals surface area contributed by atoms with Crippen molar-refractivity contribution in [1.29, 1.82) is 0 Å². The molecule has 2 atom stereocenters. The van der Waals surface area contributed by atoms with Crippen molar-refractivity contribution in [1.82, 2.24) is 0 Å². The van der Waals surface area contributed by atoms with Gasteiger partial charge >= 0.3 is 0 Å². The second-order valence-electron chi connectivity index (χ2n) is 13.7. The molecule has 43 heavy (non-hydrogen) atoms. The molecule has 0 saturated heterocycles. The van der Waals surface area contributed by atoms with Crippen LogP contribution in [0.1, 0.15) is 128 Å². The number of rotatable bonds is 12. The van der Waals surface area contributed by atoms with E-state index in [1.165, 1.54) is 22.7 Å². The fourth-order valence-electron chi connectivity index (χ4n) is 6.57. The van der Waals surface area contributed by atoms with Crippen molar-refractivity contribution in [3.8, 4) is 0 Å². The van der Waals surface area contributed by atoms with Crippen LogP contribution in [0.5, 0.6) is 0 Å². The van der Waals surface area contributed by atoms with Gasteiger partial charge in [-0.25, -0.2) is 0 Å². The lowest BCUT2D eigenvalue weighted by atomic mass is 9.69. The molecule has 4 amide bonds. The van der Waals surface area contributed by atoms with Crippen LogP contribution in [-0.4, -0.2) is 23.6 Å². The van der Waals surface area contributed by atoms with Crippen LogP contribution >= 0.6 is 22.7 Å². The Balaban J connectivity index is 1.36. The number of carbonyl (C=O) groups excluding carboxylic acids is 4. The summed E-state index contributed by atoms with van der Waals surface area (Å²) in [5.41, 5.74) is 14.7. The largest absolute Gasteiger partial charge is 0.365 e. The molecule has 236 valence electrons. The summed E-state index contributed by atoms with van der Waals surface area (Å²) in [6.45, 7) is 13.6. The van der Waals surface area contributed by atoms with Gasteiger partial charge in [0.1, 0.15) is 10.0 Å². The number of amides is 4. The van der Waals surface area contributed by atoms with Crippen LogP contribution in [0.4, 0.5) is 10.0 Å². The third kappa shape index (κ3) is 7.17. The Morgan fingerprint density at radius 1 is 0.721 bits per heavy atom. The zero-order chi connectivity index (χ0) is 31.7. The Morgan fingerprint density at radius 2 is 1.09 bits per heavy atom. The molecule has 0 radical (unpaired) electrons. The van der Waals surface area contributed by atoms with Crippen molar-refractivity contribution in [3.63, 3.8) is 0 Å². The number of nitrogens with two attached hydrogens (primary N) is 2. The molecule has 8 nitrogen and oxygen atoms in total. The number of carbonyl (C=O) groups is 4. The van der Waals surface area contributed by atoms with Crippen molar-refractivity contribution in [2.45, 2.75) is 112 Å². The second kappa shape index (κ2) is 13.1. The van der Waals surface area contributed by atoms with E-state index in [9.17, 15) is 19.2 Å². The highest BCUT2D eigenvalue weighted by atomic mass is 32.1. The second-order valence-corrected chi connectivity index (χ2v) is 15.9. The van der Waals surface area contributed by atoms with Crippen LogP contribution in [0.15, 0.2) is 0 Å². The van der Waals surface area contributed by atoms with Crippen LogP contribution in [-0.2, 0) is 35.3 Å². The van der Waals surface area contributed by atoms with Crippen molar-refractivity contribution < 1.29 is 19.2 Å². The molecule has 0 aliphatic heterocycles. The topological polar surface area (TPSA) is 144 Å². The maximum Gasteiger partial charge on any atom is 0.251 e. The smallest absolute Gasteiger partial charge is 0.251 e. The molecule has 2 aliphatic rings. The molecule has 0 bridgehead atoms. The van der Waals surface area contributed by atoms with Gasteiger partial charge in [0.25, 0.3) is 11.8 Å². The summed E-state index contributed by atoms with van der Waals surface area (Å²) in [4.78, 5) is 52.8. The maximum absolute atomic E-state index is 12.9. The molecule has 6 N–H and O–H groups in total. The van der Waals surface area contributed by atoms with Gasteiger partial charge < -0.3 is 22.1 Å². The third-order valence-electron chi connectivity index (χ3n) is 10.4. The number of nitrogens with one attached hydrogen (secondary N) is 2. The standard InChI is InChI=1S/C33H48N4O4S2/c1-7-32(3,4)18-12-14-20-22(16-18)42-30(26(20)28(34)40)36-24(38)10-9-11-25(39)37-31-27(29(35)41)21-15-13-19(17-23(21)43-31)33(5,6)8-2/h18-19H,7-17H2,1-6H3,(H2,34,40)(H2,35,41)(H,36,38)(H,37,39). The first-order valence-corrected chi connectivity index (χ1v) is 17.3. The normalized spacial score (nSPS) is 18.5. The third-order valence-corrected chi connectivity index (χ3v) is 12.7. The average Bonchev–Trinajstić information content (AvgIpc) is 3.49. The summed E-state index contributed by atoms with van der Waals surface area (Å²) in [7, 11) is 0. The highest BCUT2D eigenvalue weighted by Crippen LogP contribution is 2.47. The minimum absolute atomic E-state index is 0.122. The first-order chi connectivity index (χ1) is 20.2. The van der Waals surface area contributed by atoms with E-state index in [2.05, 4.69) is 52.2 Å². The van der Waals surface area contributed by atoms with Crippen molar-refractivity contribution >= 4 is 56.3 Å². The van der Waals surface area contributed by atoms with Crippen LogP contribution in [0.3, 0.4) is 0 Å². The highest BCUT2D eigenvalue weighted by molar-refractivity contribution is 7.17. The lowest BCUT2D eigenvalue weighted by Crippen LogP contribution is -2.29. The molecular weight excluding hydrogens is 581 g/mol. The molecule has 2 aromatic rings. The SMILES string of the molecule is CCC(C)(C)C1CCc2c(sc(NC(=O)CCCC(=O)Nc3sc4c(c3C(N)=O)CCC(C(C)(C)CC)C4)c2C(N)=O)C1. The van der Waals surface area contributed by atoms with Gasteiger partial charge in [0.2, 0.25) is 11.8 Å². The number of anilines is 2. The first kappa shape index (κ1) is 33.2. The molecule has 2 aromatic heterocycles. The monoisotopic (exact) mass is 628 g/mol. The predicted molar refractivity (Wildman–Crippen MR) is 176 cm³/mol. The minimum Gasteiger partial charge on any atom is -0.365 e. The van der Waals surface area contributed by atoms with E-state index >= 15 is 0 Å². The van der Waals surface area contributed by atoms with Crippen LogP contribution < -0.4 is 22.1 Å². The van der Waals surface area contributed by atoms with E-state index in [4.69, 9.17) is 11.5 Å².